The van der Waals surface area contributed by atoms with Crippen molar-refractivity contribution >= 4 is 44.8 Å². The Morgan fingerprint density at radius 3 is 2.38 bits per heavy atom. The smallest absolute Gasteiger partial charge is 0.169 e. The molecule has 0 aliphatic carbocycles. The number of nitrogens with one attached hydrogen (secondary N) is 1. The minimum atomic E-state index is 0.586. The molecular formula is C11H8BrCl2NO. The topological polar surface area (TPSA) is 25.2 Å². The number of furan rings is 1. The van der Waals surface area contributed by atoms with Crippen molar-refractivity contribution in [2.24, 2.45) is 0 Å². The lowest BCUT2D eigenvalue weighted by Crippen LogP contribution is -1.97. The first kappa shape index (κ1) is 11.8. The predicted molar refractivity (Wildman–Crippen MR) is 70.2 cm³/mol. The van der Waals surface area contributed by atoms with Gasteiger partial charge in [0, 0.05) is 15.7 Å². The second kappa shape index (κ2) is 5.13. The Labute approximate surface area is 112 Å². The molecule has 0 bridgehead atoms. The summed E-state index contributed by atoms with van der Waals surface area (Å²) in [5.74, 6) is 0.836. The molecule has 0 aliphatic rings. The van der Waals surface area contributed by atoms with Crippen LogP contribution in [0.2, 0.25) is 10.0 Å². The van der Waals surface area contributed by atoms with Crippen molar-refractivity contribution in [3.63, 3.8) is 0 Å². The van der Waals surface area contributed by atoms with Crippen molar-refractivity contribution in [2.45, 2.75) is 6.54 Å². The van der Waals surface area contributed by atoms with Crippen molar-refractivity contribution in [1.29, 1.82) is 0 Å². The predicted octanol–water partition coefficient (Wildman–Crippen LogP) is 4.96. The van der Waals surface area contributed by atoms with Gasteiger partial charge in [0.25, 0.3) is 0 Å². The van der Waals surface area contributed by atoms with Gasteiger partial charge in [-0.05, 0) is 46.3 Å². The molecule has 0 radical (unpaired) electrons. The molecule has 0 saturated heterocycles. The maximum atomic E-state index is 5.88. The van der Waals surface area contributed by atoms with Crippen molar-refractivity contribution in [2.75, 3.05) is 5.32 Å². The molecule has 5 heteroatoms. The van der Waals surface area contributed by atoms with Gasteiger partial charge in [0.1, 0.15) is 5.76 Å². The molecule has 2 nitrogen and oxygen atoms in total. The van der Waals surface area contributed by atoms with Crippen LogP contribution in [0, 0.1) is 0 Å². The average molecular weight is 321 g/mol. The second-order valence-corrected chi connectivity index (χ2v) is 4.87. The molecule has 0 saturated carbocycles. The third-order valence-electron chi connectivity index (χ3n) is 1.96. The van der Waals surface area contributed by atoms with Crippen molar-refractivity contribution < 1.29 is 4.42 Å². The standard InChI is InChI=1S/C11H8BrCl2NO/c12-11-2-1-10(16-11)6-15-9-4-7(13)3-8(14)5-9/h1-5,15H,6H2. The first-order chi connectivity index (χ1) is 7.63. The molecule has 0 spiro atoms. The normalized spacial score (nSPS) is 10.4. The summed E-state index contributed by atoms with van der Waals surface area (Å²) in [5, 5.41) is 4.39. The SMILES string of the molecule is Clc1cc(Cl)cc(NCc2ccc(Br)o2)c1. The molecule has 2 rings (SSSR count). The monoisotopic (exact) mass is 319 g/mol. The lowest BCUT2D eigenvalue weighted by atomic mass is 10.3. The van der Waals surface area contributed by atoms with Crippen LogP contribution in [0.15, 0.2) is 39.4 Å². The summed E-state index contributed by atoms with van der Waals surface area (Å²) in [6.07, 6.45) is 0. The van der Waals surface area contributed by atoms with Crippen molar-refractivity contribution in [1.82, 2.24) is 0 Å². The molecule has 16 heavy (non-hydrogen) atoms. The highest BCUT2D eigenvalue weighted by Gasteiger charge is 2.01. The molecule has 1 N–H and O–H groups in total. The van der Waals surface area contributed by atoms with Crippen LogP contribution in [-0.2, 0) is 6.54 Å². The highest BCUT2D eigenvalue weighted by atomic mass is 79.9. The fraction of sp³-hybridized carbons (Fsp3) is 0.0909. The largest absolute Gasteiger partial charge is 0.452 e. The number of benzene rings is 1. The van der Waals surface area contributed by atoms with Crippen LogP contribution < -0.4 is 5.32 Å². The van der Waals surface area contributed by atoms with E-state index < -0.39 is 0 Å². The molecule has 0 aliphatic heterocycles. The molecule has 84 valence electrons. The summed E-state index contributed by atoms with van der Waals surface area (Å²) < 4.78 is 6.07. The maximum Gasteiger partial charge on any atom is 0.169 e. The Balaban J connectivity index is 2.04. The van der Waals surface area contributed by atoms with Gasteiger partial charge in [-0.25, -0.2) is 0 Å². The third kappa shape index (κ3) is 3.17. The summed E-state index contributed by atoms with van der Waals surface area (Å²) in [5.41, 5.74) is 0.866. The first-order valence-corrected chi connectivity index (χ1v) is 6.12. The zero-order valence-corrected chi connectivity index (χ0v) is 11.2. The lowest BCUT2D eigenvalue weighted by molar-refractivity contribution is 0.495. The zero-order chi connectivity index (χ0) is 11.5. The molecule has 1 heterocycles. The van der Waals surface area contributed by atoms with E-state index in [-0.39, 0.29) is 0 Å². The van der Waals surface area contributed by atoms with Crippen LogP contribution in [0.1, 0.15) is 5.76 Å². The van der Waals surface area contributed by atoms with E-state index in [4.69, 9.17) is 27.6 Å². The van der Waals surface area contributed by atoms with E-state index in [2.05, 4.69) is 21.2 Å². The van der Waals surface area contributed by atoms with E-state index in [1.54, 1.807) is 6.07 Å². The number of hydrogen-bond acceptors (Lipinski definition) is 2. The average Bonchev–Trinajstić information content (AvgIpc) is 2.60. The van der Waals surface area contributed by atoms with E-state index in [1.807, 2.05) is 24.3 Å². The highest BCUT2D eigenvalue weighted by molar-refractivity contribution is 9.10. The van der Waals surface area contributed by atoms with Crippen LogP contribution >= 0.6 is 39.1 Å². The Bertz CT molecular complexity index is 478. The Hall–Kier alpha value is -0.640. The van der Waals surface area contributed by atoms with Gasteiger partial charge < -0.3 is 9.73 Å². The van der Waals surface area contributed by atoms with Gasteiger partial charge in [-0.3, -0.25) is 0 Å². The van der Waals surface area contributed by atoms with Gasteiger partial charge in [-0.1, -0.05) is 23.2 Å². The van der Waals surface area contributed by atoms with Gasteiger partial charge in [-0.15, -0.1) is 0 Å². The molecule has 1 aromatic carbocycles. The molecular weight excluding hydrogens is 313 g/mol. The van der Waals surface area contributed by atoms with Gasteiger partial charge in [0.2, 0.25) is 0 Å². The number of rotatable bonds is 3. The summed E-state index contributed by atoms with van der Waals surface area (Å²) in [6, 6.07) is 9.06. The van der Waals surface area contributed by atoms with Crippen LogP contribution in [-0.4, -0.2) is 0 Å². The minimum Gasteiger partial charge on any atom is -0.452 e. The lowest BCUT2D eigenvalue weighted by Gasteiger charge is -2.05. The molecule has 1 aromatic heterocycles. The fourth-order valence-electron chi connectivity index (χ4n) is 1.29. The Morgan fingerprint density at radius 1 is 1.12 bits per heavy atom. The summed E-state index contributed by atoms with van der Waals surface area (Å²) in [6.45, 7) is 0.586. The molecule has 0 amide bonds. The van der Waals surface area contributed by atoms with Crippen LogP contribution in [0.3, 0.4) is 0 Å². The first-order valence-electron chi connectivity index (χ1n) is 4.58. The molecule has 0 fully saturated rings. The Morgan fingerprint density at radius 2 is 1.81 bits per heavy atom. The number of anilines is 1. The quantitative estimate of drug-likeness (QED) is 0.864. The van der Waals surface area contributed by atoms with E-state index in [0.29, 0.717) is 21.3 Å². The van der Waals surface area contributed by atoms with Gasteiger partial charge in [0.15, 0.2) is 4.67 Å². The van der Waals surface area contributed by atoms with E-state index in [1.165, 1.54) is 0 Å². The van der Waals surface area contributed by atoms with Crippen LogP contribution in [0.5, 0.6) is 0 Å². The Kier molecular flexibility index (Phi) is 3.79. The van der Waals surface area contributed by atoms with Crippen molar-refractivity contribution in [3.05, 3.63) is 50.8 Å². The highest BCUT2D eigenvalue weighted by Crippen LogP contribution is 2.23. The van der Waals surface area contributed by atoms with Crippen molar-refractivity contribution in [3.8, 4) is 0 Å². The number of halogens is 3. The summed E-state index contributed by atoms with van der Waals surface area (Å²) >= 11 is 15.0. The maximum absolute atomic E-state index is 5.88. The van der Waals surface area contributed by atoms with E-state index in [9.17, 15) is 0 Å². The third-order valence-corrected chi connectivity index (χ3v) is 2.82. The van der Waals surface area contributed by atoms with Gasteiger partial charge >= 0.3 is 0 Å². The van der Waals surface area contributed by atoms with Crippen LogP contribution in [0.4, 0.5) is 5.69 Å². The summed E-state index contributed by atoms with van der Waals surface area (Å²) in [7, 11) is 0. The molecule has 2 aromatic rings. The second-order valence-electron chi connectivity index (χ2n) is 3.22. The fourth-order valence-corrected chi connectivity index (χ4v) is 2.16. The minimum absolute atomic E-state index is 0.586. The molecule has 0 unspecified atom stereocenters. The van der Waals surface area contributed by atoms with Gasteiger partial charge in [0.05, 0.1) is 6.54 Å². The van der Waals surface area contributed by atoms with E-state index >= 15 is 0 Å². The molecule has 0 atom stereocenters. The van der Waals surface area contributed by atoms with Crippen LogP contribution in [0.25, 0.3) is 0 Å². The van der Waals surface area contributed by atoms with E-state index in [0.717, 1.165) is 11.4 Å². The van der Waals surface area contributed by atoms with Gasteiger partial charge in [-0.2, -0.15) is 0 Å². The number of hydrogen-bond donors (Lipinski definition) is 1. The summed E-state index contributed by atoms with van der Waals surface area (Å²) in [4.78, 5) is 0. The zero-order valence-electron chi connectivity index (χ0n) is 8.14.